The summed E-state index contributed by atoms with van der Waals surface area (Å²) in [6, 6.07) is 10.1. The van der Waals surface area contributed by atoms with Crippen LogP contribution >= 0.6 is 0 Å². The molecule has 0 spiro atoms. The Bertz CT molecular complexity index is 1220. The van der Waals surface area contributed by atoms with Gasteiger partial charge >= 0.3 is 0 Å². The largest absolute Gasteiger partial charge is 0.506 e. The van der Waals surface area contributed by atoms with E-state index in [1.165, 1.54) is 32.1 Å². The Balaban J connectivity index is 1.96. The highest BCUT2D eigenvalue weighted by atomic mass is 16.5. The number of nitrogens with one attached hydrogen (secondary N) is 1. The van der Waals surface area contributed by atoms with E-state index in [1.807, 2.05) is 0 Å². The van der Waals surface area contributed by atoms with Gasteiger partial charge in [0.25, 0.3) is 11.5 Å². The lowest BCUT2D eigenvalue weighted by molar-refractivity contribution is 0.0950. The lowest BCUT2D eigenvalue weighted by Crippen LogP contribution is -2.31. The number of nitrogens with zero attached hydrogens (tertiary/aromatic N) is 2. The Labute approximate surface area is 178 Å². The number of methoxy groups -OCH3 is 3. The van der Waals surface area contributed by atoms with Crippen molar-refractivity contribution in [2.24, 2.45) is 5.10 Å². The monoisotopic (exact) mass is 425 g/mol. The zero-order valence-corrected chi connectivity index (χ0v) is 17.6. The van der Waals surface area contributed by atoms with Crippen LogP contribution in [0.5, 0.6) is 23.0 Å². The molecule has 0 atom stereocenters. The molecule has 162 valence electrons. The number of para-hydroxylation sites is 1. The minimum absolute atomic E-state index is 0.339. The summed E-state index contributed by atoms with van der Waals surface area (Å²) >= 11 is 0. The number of hydrogen-bond donors (Lipinski definition) is 2. The number of pyridine rings is 1. The summed E-state index contributed by atoms with van der Waals surface area (Å²) in [6.45, 7) is 2.13. The number of benzene rings is 2. The van der Waals surface area contributed by atoms with Crippen molar-refractivity contribution in [1.29, 1.82) is 0 Å². The van der Waals surface area contributed by atoms with Crippen LogP contribution in [0.3, 0.4) is 0 Å². The number of carbonyl (C=O) groups excluding carboxylic acids is 1. The zero-order valence-electron chi connectivity index (χ0n) is 17.6. The molecule has 1 heterocycles. The number of aromatic hydroxyl groups is 1. The van der Waals surface area contributed by atoms with E-state index >= 15 is 0 Å². The van der Waals surface area contributed by atoms with E-state index < -0.39 is 11.5 Å². The smallest absolute Gasteiger partial charge is 0.280 e. The third kappa shape index (κ3) is 4.02. The van der Waals surface area contributed by atoms with Gasteiger partial charge in [-0.1, -0.05) is 12.1 Å². The van der Waals surface area contributed by atoms with Crippen LogP contribution in [0.25, 0.3) is 10.9 Å². The molecule has 2 aromatic carbocycles. The highest BCUT2D eigenvalue weighted by Crippen LogP contribution is 2.33. The second kappa shape index (κ2) is 9.21. The van der Waals surface area contributed by atoms with Crippen molar-refractivity contribution in [3.05, 3.63) is 57.9 Å². The maximum Gasteiger partial charge on any atom is 0.280 e. The first-order chi connectivity index (χ1) is 15.0. The summed E-state index contributed by atoms with van der Waals surface area (Å²) in [7, 11) is 4.48. The van der Waals surface area contributed by atoms with E-state index in [2.05, 4.69) is 10.5 Å². The van der Waals surface area contributed by atoms with E-state index in [9.17, 15) is 14.7 Å². The highest BCUT2D eigenvalue weighted by Gasteiger charge is 2.21. The molecule has 31 heavy (non-hydrogen) atoms. The van der Waals surface area contributed by atoms with E-state index in [0.29, 0.717) is 40.3 Å². The van der Waals surface area contributed by atoms with E-state index in [1.54, 1.807) is 43.3 Å². The van der Waals surface area contributed by atoms with Gasteiger partial charge in [0.15, 0.2) is 11.5 Å². The summed E-state index contributed by atoms with van der Waals surface area (Å²) in [5, 5.41) is 14.9. The predicted molar refractivity (Wildman–Crippen MR) is 117 cm³/mol. The van der Waals surface area contributed by atoms with Crippen LogP contribution in [0, 0.1) is 0 Å². The maximum absolute atomic E-state index is 12.8. The molecule has 0 saturated carbocycles. The third-order valence-electron chi connectivity index (χ3n) is 4.79. The second-order valence-corrected chi connectivity index (χ2v) is 6.44. The Morgan fingerprint density at radius 1 is 1.10 bits per heavy atom. The fourth-order valence-electron chi connectivity index (χ4n) is 3.28. The standard InChI is InChI=1S/C22H23N3O6/c1-5-25-15-9-7-6-8-14(15)20(26)19(22(25)28)21(27)24-23-12-13-10-17(30-3)18(31-4)11-16(13)29-2/h6-12,26H,5H2,1-4H3,(H,24,27)/b23-12+. The Morgan fingerprint density at radius 3 is 2.39 bits per heavy atom. The molecule has 1 amide bonds. The van der Waals surface area contributed by atoms with Gasteiger partial charge in [-0.05, 0) is 25.1 Å². The van der Waals surface area contributed by atoms with Crippen molar-refractivity contribution >= 4 is 23.0 Å². The van der Waals surface area contributed by atoms with Gasteiger partial charge in [-0.15, -0.1) is 0 Å². The lowest BCUT2D eigenvalue weighted by Gasteiger charge is -2.13. The minimum Gasteiger partial charge on any atom is -0.506 e. The summed E-state index contributed by atoms with van der Waals surface area (Å²) < 4.78 is 17.2. The lowest BCUT2D eigenvalue weighted by atomic mass is 10.1. The van der Waals surface area contributed by atoms with E-state index in [-0.39, 0.29) is 11.3 Å². The first-order valence-electron chi connectivity index (χ1n) is 9.44. The normalized spacial score (nSPS) is 11.0. The molecule has 0 aliphatic heterocycles. The molecule has 0 bridgehead atoms. The molecule has 9 nitrogen and oxygen atoms in total. The fourth-order valence-corrected chi connectivity index (χ4v) is 3.28. The third-order valence-corrected chi connectivity index (χ3v) is 4.79. The van der Waals surface area contributed by atoms with Crippen LogP contribution in [-0.4, -0.2) is 43.1 Å². The first-order valence-corrected chi connectivity index (χ1v) is 9.44. The molecule has 0 radical (unpaired) electrons. The van der Waals surface area contributed by atoms with Crippen molar-refractivity contribution in [3.63, 3.8) is 0 Å². The maximum atomic E-state index is 12.8. The van der Waals surface area contributed by atoms with Gasteiger partial charge in [-0.3, -0.25) is 9.59 Å². The SMILES string of the molecule is CCn1c(=O)c(C(=O)N/N=C/c2cc(OC)c(OC)cc2OC)c(O)c2ccccc21. The second-order valence-electron chi connectivity index (χ2n) is 6.44. The summed E-state index contributed by atoms with van der Waals surface area (Å²) in [5.41, 5.74) is 2.37. The first kappa shape index (κ1) is 21.7. The van der Waals surface area contributed by atoms with Crippen molar-refractivity contribution < 1.29 is 24.1 Å². The number of aromatic nitrogens is 1. The van der Waals surface area contributed by atoms with Crippen LogP contribution < -0.4 is 25.2 Å². The van der Waals surface area contributed by atoms with Gasteiger partial charge in [0.1, 0.15) is 17.1 Å². The van der Waals surface area contributed by atoms with Crippen molar-refractivity contribution in [3.8, 4) is 23.0 Å². The summed E-state index contributed by atoms with van der Waals surface area (Å²) in [4.78, 5) is 25.5. The molecule has 0 unspecified atom stereocenters. The molecule has 0 saturated heterocycles. The van der Waals surface area contributed by atoms with Crippen LogP contribution in [0.4, 0.5) is 0 Å². The molecule has 1 aromatic heterocycles. The number of amides is 1. The molecular weight excluding hydrogens is 402 g/mol. The summed E-state index contributed by atoms with van der Waals surface area (Å²) in [5.74, 6) is 0.154. The Morgan fingerprint density at radius 2 is 1.74 bits per heavy atom. The quantitative estimate of drug-likeness (QED) is 0.444. The van der Waals surface area contributed by atoms with Gasteiger partial charge in [-0.25, -0.2) is 5.43 Å². The zero-order chi connectivity index (χ0) is 22.5. The van der Waals surface area contributed by atoms with Crippen molar-refractivity contribution in [2.75, 3.05) is 21.3 Å². The Kier molecular flexibility index (Phi) is 6.44. The number of aryl methyl sites for hydroxylation is 1. The van der Waals surface area contributed by atoms with Gasteiger partial charge in [0, 0.05) is 23.6 Å². The average molecular weight is 425 g/mol. The van der Waals surface area contributed by atoms with Crippen LogP contribution in [0.1, 0.15) is 22.8 Å². The van der Waals surface area contributed by atoms with E-state index in [0.717, 1.165) is 0 Å². The van der Waals surface area contributed by atoms with Gasteiger partial charge < -0.3 is 23.9 Å². The molecule has 0 aliphatic carbocycles. The Hall–Kier alpha value is -4.01. The average Bonchev–Trinajstić information content (AvgIpc) is 2.79. The number of hydrogen-bond acceptors (Lipinski definition) is 7. The molecule has 0 fully saturated rings. The van der Waals surface area contributed by atoms with Crippen LogP contribution in [-0.2, 0) is 6.54 Å². The van der Waals surface area contributed by atoms with Crippen LogP contribution in [0.15, 0.2) is 46.3 Å². The van der Waals surface area contributed by atoms with Crippen LogP contribution in [0.2, 0.25) is 0 Å². The number of hydrazone groups is 1. The fraction of sp³-hybridized carbons (Fsp3) is 0.227. The topological polar surface area (TPSA) is 111 Å². The molecule has 0 aliphatic rings. The molecule has 9 heteroatoms. The number of carbonyl (C=O) groups is 1. The number of fused-ring (bicyclic) bond motifs is 1. The van der Waals surface area contributed by atoms with Gasteiger partial charge in [-0.2, -0.15) is 5.10 Å². The molecule has 3 aromatic rings. The van der Waals surface area contributed by atoms with Crippen molar-refractivity contribution in [1.82, 2.24) is 9.99 Å². The van der Waals surface area contributed by atoms with E-state index in [4.69, 9.17) is 14.2 Å². The molecule has 2 N–H and O–H groups in total. The number of rotatable bonds is 7. The molecule has 3 rings (SSSR count). The number of ether oxygens (including phenoxy) is 3. The van der Waals surface area contributed by atoms with Gasteiger partial charge in [0.05, 0.1) is 33.1 Å². The summed E-state index contributed by atoms with van der Waals surface area (Å²) in [6.07, 6.45) is 1.34. The highest BCUT2D eigenvalue weighted by molar-refractivity contribution is 6.02. The minimum atomic E-state index is -0.828. The van der Waals surface area contributed by atoms with Gasteiger partial charge in [0.2, 0.25) is 0 Å². The molecular formula is C22H23N3O6. The van der Waals surface area contributed by atoms with Crippen molar-refractivity contribution in [2.45, 2.75) is 13.5 Å². The predicted octanol–water partition coefficient (Wildman–Crippen LogP) is 2.52.